The number of unbranched alkanes of at least 4 members (excludes halogenated alkanes) is 7. The maximum atomic E-state index is 11.6. The Hall–Kier alpha value is -0.910. The number of rotatable bonds is 10. The zero-order valence-corrected chi connectivity index (χ0v) is 15.2. The highest BCUT2D eigenvalue weighted by Crippen LogP contribution is 2.27. The highest BCUT2D eigenvalue weighted by atomic mass is 32.2. The van der Waals surface area contributed by atoms with E-state index in [-0.39, 0.29) is 4.90 Å². The summed E-state index contributed by atoms with van der Waals surface area (Å²) in [7, 11) is -4.19. The van der Waals surface area contributed by atoms with Crippen LogP contribution in [0.3, 0.4) is 0 Å². The zero-order valence-electron chi connectivity index (χ0n) is 13.6. The molecule has 3 nitrogen and oxygen atoms in total. The summed E-state index contributed by atoms with van der Waals surface area (Å²) >= 11 is 1.30. The van der Waals surface area contributed by atoms with Gasteiger partial charge in [-0.2, -0.15) is 8.42 Å². The van der Waals surface area contributed by atoms with Gasteiger partial charge in [0.15, 0.2) is 0 Å². The van der Waals surface area contributed by atoms with Crippen molar-refractivity contribution in [2.45, 2.75) is 69.6 Å². The Morgan fingerprint density at radius 1 is 0.957 bits per heavy atom. The third-order valence-electron chi connectivity index (χ3n) is 4.10. The van der Waals surface area contributed by atoms with Gasteiger partial charge in [-0.05, 0) is 30.5 Å². The van der Waals surface area contributed by atoms with Crippen LogP contribution >= 0.6 is 11.3 Å². The van der Waals surface area contributed by atoms with Crippen LogP contribution in [0.5, 0.6) is 0 Å². The molecule has 5 heteroatoms. The summed E-state index contributed by atoms with van der Waals surface area (Å²) in [6, 6.07) is 3.34. The van der Waals surface area contributed by atoms with Crippen LogP contribution in [0.2, 0.25) is 0 Å². The molecular formula is C18H24O3S2. The minimum atomic E-state index is -4.19. The molecule has 0 saturated heterocycles. The lowest BCUT2D eigenvalue weighted by Gasteiger charge is -2.08. The molecule has 0 aliphatic heterocycles. The molecule has 0 fully saturated rings. The van der Waals surface area contributed by atoms with E-state index < -0.39 is 10.1 Å². The first-order valence-electron chi connectivity index (χ1n) is 8.34. The van der Waals surface area contributed by atoms with Crippen molar-refractivity contribution in [1.82, 2.24) is 0 Å². The normalized spacial score (nSPS) is 12.1. The Morgan fingerprint density at radius 2 is 1.52 bits per heavy atom. The van der Waals surface area contributed by atoms with E-state index in [1.165, 1.54) is 55.9 Å². The van der Waals surface area contributed by atoms with Crippen molar-refractivity contribution in [1.29, 1.82) is 0 Å². The van der Waals surface area contributed by atoms with Gasteiger partial charge in [-0.1, -0.05) is 51.9 Å². The van der Waals surface area contributed by atoms with Gasteiger partial charge in [-0.3, -0.25) is 4.55 Å². The van der Waals surface area contributed by atoms with E-state index in [2.05, 4.69) is 17.7 Å². The minimum Gasteiger partial charge on any atom is -0.282 e. The minimum absolute atomic E-state index is 0.0241. The highest BCUT2D eigenvalue weighted by molar-refractivity contribution is 7.85. The van der Waals surface area contributed by atoms with E-state index in [0.29, 0.717) is 17.4 Å². The fourth-order valence-electron chi connectivity index (χ4n) is 2.81. The molecule has 1 aromatic heterocycles. The summed E-state index contributed by atoms with van der Waals surface area (Å²) < 4.78 is 32.6. The lowest BCUT2D eigenvalue weighted by Crippen LogP contribution is -2.03. The number of fused-ring (bicyclic) bond motifs is 1. The average molecular weight is 353 g/mol. The summed E-state index contributed by atoms with van der Waals surface area (Å²) in [5.74, 6) is 0. The predicted molar refractivity (Wildman–Crippen MR) is 95.6 cm³/mol. The van der Waals surface area contributed by atoms with Gasteiger partial charge < -0.3 is 0 Å². The van der Waals surface area contributed by atoms with Crippen molar-refractivity contribution < 1.29 is 13.0 Å². The molecule has 0 spiro atoms. The van der Waals surface area contributed by atoms with Crippen molar-refractivity contribution in [2.24, 2.45) is 0 Å². The quantitative estimate of drug-likeness (QED) is 0.458. The predicted octanol–water partition coefficient (Wildman–Crippen LogP) is 5.43. The molecule has 1 N–H and O–H groups in total. The molecule has 0 aliphatic rings. The Balaban J connectivity index is 1.91. The van der Waals surface area contributed by atoms with Gasteiger partial charge >= 0.3 is 0 Å². The van der Waals surface area contributed by atoms with E-state index in [9.17, 15) is 13.0 Å². The lowest BCUT2D eigenvalue weighted by molar-refractivity contribution is 0.481. The van der Waals surface area contributed by atoms with Gasteiger partial charge in [0.2, 0.25) is 0 Å². The second kappa shape index (κ2) is 8.81. The molecule has 23 heavy (non-hydrogen) atoms. The number of thiophene rings is 1. The summed E-state index contributed by atoms with van der Waals surface area (Å²) in [4.78, 5) is 0.0241. The molecule has 1 aromatic carbocycles. The standard InChI is InChI=1S/C18H24O3S2/c1-2-3-4-5-6-7-8-9-10-15-11-16-13-22-14-17(16)12-18(15)23(19,20)21/h11-12H,2-10H2,1H3,(H,19,20,21). The third kappa shape index (κ3) is 5.59. The van der Waals surface area contributed by atoms with E-state index in [1.54, 1.807) is 0 Å². The van der Waals surface area contributed by atoms with Gasteiger partial charge in [0.25, 0.3) is 10.1 Å². The third-order valence-corrected chi connectivity index (χ3v) is 5.68. The molecule has 0 bridgehead atoms. The van der Waals surface area contributed by atoms with Crippen molar-refractivity contribution in [2.75, 3.05) is 0 Å². The molecule has 0 aliphatic carbocycles. The number of hydrogen-bond acceptors (Lipinski definition) is 3. The number of hydrogen-bond donors (Lipinski definition) is 1. The van der Waals surface area contributed by atoms with Crippen LogP contribution in [0.4, 0.5) is 0 Å². The van der Waals surface area contributed by atoms with Crippen LogP contribution < -0.4 is 0 Å². The molecule has 2 radical (unpaired) electrons. The first-order valence-corrected chi connectivity index (χ1v) is 10.6. The molecule has 0 unspecified atom stereocenters. The van der Waals surface area contributed by atoms with Crippen LogP contribution in [0.25, 0.3) is 10.8 Å². The first kappa shape index (κ1) is 18.4. The lowest BCUT2D eigenvalue weighted by atomic mass is 10.0. The van der Waals surface area contributed by atoms with Crippen molar-refractivity contribution in [3.8, 4) is 0 Å². The summed E-state index contributed by atoms with van der Waals surface area (Å²) in [5, 5.41) is 7.62. The summed E-state index contributed by atoms with van der Waals surface area (Å²) in [6.07, 6.45) is 10.3. The van der Waals surface area contributed by atoms with Crippen molar-refractivity contribution in [3.63, 3.8) is 0 Å². The molecule has 2 rings (SSSR count). The molecular weight excluding hydrogens is 328 g/mol. The molecule has 2 aromatic rings. The second-order valence-corrected chi connectivity index (χ2v) is 8.01. The fourth-order valence-corrected chi connectivity index (χ4v) is 4.18. The smallest absolute Gasteiger partial charge is 0.282 e. The molecule has 0 amide bonds. The highest BCUT2D eigenvalue weighted by Gasteiger charge is 2.16. The first-order chi connectivity index (χ1) is 11.0. The maximum absolute atomic E-state index is 11.6. The average Bonchev–Trinajstić information content (AvgIpc) is 2.95. The molecule has 1 heterocycles. The van der Waals surface area contributed by atoms with E-state index >= 15 is 0 Å². The maximum Gasteiger partial charge on any atom is 0.294 e. The summed E-state index contributed by atoms with van der Waals surface area (Å²) in [5.41, 5.74) is 0.689. The Morgan fingerprint density at radius 3 is 2.13 bits per heavy atom. The van der Waals surface area contributed by atoms with Crippen LogP contribution in [-0.4, -0.2) is 13.0 Å². The molecule has 0 atom stereocenters. The van der Waals surface area contributed by atoms with Crippen molar-refractivity contribution in [3.05, 3.63) is 28.5 Å². The van der Waals surface area contributed by atoms with Gasteiger partial charge in [0, 0.05) is 10.8 Å². The fraction of sp³-hybridized carbons (Fsp3) is 0.556. The van der Waals surface area contributed by atoms with Crippen LogP contribution in [0, 0.1) is 10.8 Å². The number of benzene rings is 1. The van der Waals surface area contributed by atoms with Crippen LogP contribution in [0.1, 0.15) is 63.9 Å². The monoisotopic (exact) mass is 352 g/mol. The second-order valence-electron chi connectivity index (χ2n) is 6.01. The zero-order chi connectivity index (χ0) is 16.7. The van der Waals surface area contributed by atoms with Crippen LogP contribution in [-0.2, 0) is 16.5 Å². The summed E-state index contributed by atoms with van der Waals surface area (Å²) in [6.45, 7) is 2.21. The van der Waals surface area contributed by atoms with Gasteiger partial charge in [-0.25, -0.2) is 0 Å². The van der Waals surface area contributed by atoms with Crippen LogP contribution in [0.15, 0.2) is 17.0 Å². The van der Waals surface area contributed by atoms with Gasteiger partial charge in [0.05, 0.1) is 15.7 Å². The van der Waals surface area contributed by atoms with Gasteiger partial charge in [0.1, 0.15) is 0 Å². The SMILES string of the molecule is CCCCCCCCCCc1cc2[c]s[c]c2cc1S(=O)(=O)O. The Labute approximate surface area is 143 Å². The Bertz CT molecular complexity index is 717. The van der Waals surface area contributed by atoms with E-state index in [1.807, 2.05) is 6.07 Å². The molecule has 126 valence electrons. The van der Waals surface area contributed by atoms with Crippen molar-refractivity contribution >= 4 is 32.2 Å². The largest absolute Gasteiger partial charge is 0.294 e. The Kier molecular flexibility index (Phi) is 7.06. The van der Waals surface area contributed by atoms with E-state index in [4.69, 9.17) is 0 Å². The van der Waals surface area contributed by atoms with Gasteiger partial charge in [-0.15, -0.1) is 11.3 Å². The molecule has 0 saturated carbocycles. The topological polar surface area (TPSA) is 54.4 Å². The van der Waals surface area contributed by atoms with E-state index in [0.717, 1.165) is 18.2 Å². The number of aryl methyl sites for hydroxylation is 1.